The van der Waals surface area contributed by atoms with Gasteiger partial charge in [0.15, 0.2) is 0 Å². The number of nitrogens with zero attached hydrogens (tertiary/aromatic N) is 4. The highest BCUT2D eigenvalue weighted by molar-refractivity contribution is 6.02. The average Bonchev–Trinajstić information content (AvgIpc) is 2.77. The molecular formula is C13H13N5O. The fourth-order valence-electron chi connectivity index (χ4n) is 1.65. The predicted molar refractivity (Wildman–Crippen MR) is 69.4 cm³/mol. The molecule has 0 aliphatic heterocycles. The van der Waals surface area contributed by atoms with Crippen molar-refractivity contribution in [1.29, 1.82) is 5.26 Å². The van der Waals surface area contributed by atoms with Gasteiger partial charge in [-0.1, -0.05) is 6.07 Å². The van der Waals surface area contributed by atoms with Gasteiger partial charge in [0, 0.05) is 12.3 Å². The molecule has 19 heavy (non-hydrogen) atoms. The predicted octanol–water partition coefficient (Wildman–Crippen LogP) is 1.75. The van der Waals surface area contributed by atoms with E-state index < -0.39 is 0 Å². The van der Waals surface area contributed by atoms with Gasteiger partial charge in [-0.15, -0.1) is 0 Å². The molecule has 0 atom stereocenters. The molecule has 0 unspecified atom stereocenters. The molecule has 2 rings (SSSR count). The van der Waals surface area contributed by atoms with Crippen LogP contribution in [0.15, 0.2) is 30.5 Å². The van der Waals surface area contributed by atoms with Gasteiger partial charge in [0.05, 0.1) is 24.7 Å². The third-order valence-electron chi connectivity index (χ3n) is 2.48. The Bertz CT molecular complexity index is 612. The molecule has 0 bridgehead atoms. The number of hydrogen-bond acceptors (Lipinski definition) is 4. The zero-order valence-electron chi connectivity index (χ0n) is 10.5. The van der Waals surface area contributed by atoms with E-state index in [1.807, 2.05) is 6.92 Å². The van der Waals surface area contributed by atoms with E-state index in [0.29, 0.717) is 24.5 Å². The maximum absolute atomic E-state index is 12.0. The Kier molecular flexibility index (Phi) is 3.88. The van der Waals surface area contributed by atoms with Gasteiger partial charge in [0.2, 0.25) is 0 Å². The number of pyridine rings is 1. The largest absolute Gasteiger partial charge is 0.305 e. The molecule has 2 aromatic rings. The molecule has 0 fully saturated rings. The number of nitriles is 1. The first-order chi connectivity index (χ1) is 9.20. The summed E-state index contributed by atoms with van der Waals surface area (Å²) in [6, 6.07) is 8.95. The lowest BCUT2D eigenvalue weighted by Gasteiger charge is -2.06. The van der Waals surface area contributed by atoms with Crippen molar-refractivity contribution in [3.8, 4) is 6.07 Å². The van der Waals surface area contributed by atoms with Gasteiger partial charge in [0.25, 0.3) is 5.91 Å². The summed E-state index contributed by atoms with van der Waals surface area (Å²) in [5, 5.41) is 15.6. The molecule has 2 aromatic heterocycles. The van der Waals surface area contributed by atoms with E-state index in [4.69, 9.17) is 5.26 Å². The van der Waals surface area contributed by atoms with Crippen LogP contribution < -0.4 is 5.32 Å². The van der Waals surface area contributed by atoms with Gasteiger partial charge in [-0.05, 0) is 19.1 Å². The van der Waals surface area contributed by atoms with Gasteiger partial charge in [-0.2, -0.15) is 10.4 Å². The van der Waals surface area contributed by atoms with E-state index in [2.05, 4.69) is 21.5 Å². The molecule has 0 saturated heterocycles. The maximum Gasteiger partial charge on any atom is 0.275 e. The van der Waals surface area contributed by atoms with Crippen LogP contribution in [0.2, 0.25) is 0 Å². The first-order valence-electron chi connectivity index (χ1n) is 5.84. The second-order valence-electron chi connectivity index (χ2n) is 3.97. The van der Waals surface area contributed by atoms with Crippen molar-refractivity contribution in [3.63, 3.8) is 0 Å². The molecule has 6 heteroatoms. The molecule has 0 radical (unpaired) electrons. The van der Waals surface area contributed by atoms with Crippen LogP contribution in [0.1, 0.15) is 22.6 Å². The molecule has 0 aliphatic rings. The average molecular weight is 255 g/mol. The number of carbonyl (C=O) groups excluding carboxylic acids is 1. The Morgan fingerprint density at radius 2 is 2.37 bits per heavy atom. The van der Waals surface area contributed by atoms with Crippen molar-refractivity contribution in [2.45, 2.75) is 19.9 Å². The molecule has 0 aliphatic carbocycles. The van der Waals surface area contributed by atoms with Crippen LogP contribution in [-0.2, 0) is 6.54 Å². The molecule has 1 N–H and O–H groups in total. The summed E-state index contributed by atoms with van der Waals surface area (Å²) < 4.78 is 1.61. The SMILES string of the molecule is Cc1cc(NC(=O)c2ccccn2)n(CCC#N)n1. The van der Waals surface area contributed by atoms with Crippen molar-refractivity contribution >= 4 is 11.7 Å². The van der Waals surface area contributed by atoms with Crippen LogP contribution in [0, 0.1) is 18.3 Å². The van der Waals surface area contributed by atoms with Crippen molar-refractivity contribution in [2.24, 2.45) is 0 Å². The fraction of sp³-hybridized carbons (Fsp3) is 0.231. The summed E-state index contributed by atoms with van der Waals surface area (Å²) in [5.41, 5.74) is 1.13. The zero-order chi connectivity index (χ0) is 13.7. The summed E-state index contributed by atoms with van der Waals surface area (Å²) in [6.45, 7) is 2.28. The molecule has 0 spiro atoms. The van der Waals surface area contributed by atoms with Gasteiger partial charge >= 0.3 is 0 Å². The second-order valence-corrected chi connectivity index (χ2v) is 3.97. The minimum Gasteiger partial charge on any atom is -0.305 e. The van der Waals surface area contributed by atoms with E-state index in [-0.39, 0.29) is 5.91 Å². The van der Waals surface area contributed by atoms with Crippen LogP contribution in [0.3, 0.4) is 0 Å². The van der Waals surface area contributed by atoms with Gasteiger partial charge < -0.3 is 5.32 Å². The number of carbonyl (C=O) groups is 1. The number of rotatable bonds is 4. The second kappa shape index (κ2) is 5.78. The highest BCUT2D eigenvalue weighted by atomic mass is 16.2. The van der Waals surface area contributed by atoms with Crippen LogP contribution in [0.25, 0.3) is 0 Å². The number of amides is 1. The van der Waals surface area contributed by atoms with Crippen LogP contribution in [-0.4, -0.2) is 20.7 Å². The Morgan fingerprint density at radius 1 is 1.53 bits per heavy atom. The lowest BCUT2D eigenvalue weighted by Crippen LogP contribution is -2.16. The third kappa shape index (κ3) is 3.16. The molecular weight excluding hydrogens is 242 g/mol. The van der Waals surface area contributed by atoms with Crippen molar-refractivity contribution < 1.29 is 4.79 Å². The smallest absolute Gasteiger partial charge is 0.275 e. The number of nitrogens with one attached hydrogen (secondary N) is 1. The lowest BCUT2D eigenvalue weighted by molar-refractivity contribution is 0.102. The van der Waals surface area contributed by atoms with E-state index in [1.165, 1.54) is 0 Å². The maximum atomic E-state index is 12.0. The summed E-state index contributed by atoms with van der Waals surface area (Å²) in [5.74, 6) is 0.280. The van der Waals surface area contributed by atoms with Gasteiger partial charge in [0.1, 0.15) is 11.5 Å². The van der Waals surface area contributed by atoms with E-state index in [0.717, 1.165) is 5.69 Å². The first kappa shape index (κ1) is 12.8. The number of anilines is 1. The Balaban J connectivity index is 2.15. The minimum atomic E-state index is -0.293. The first-order valence-corrected chi connectivity index (χ1v) is 5.84. The lowest BCUT2D eigenvalue weighted by atomic mass is 10.3. The molecule has 0 aromatic carbocycles. The summed E-state index contributed by atoms with van der Waals surface area (Å²) in [7, 11) is 0. The normalized spacial score (nSPS) is 9.89. The highest BCUT2D eigenvalue weighted by Crippen LogP contribution is 2.12. The molecule has 6 nitrogen and oxygen atoms in total. The Hall–Kier alpha value is -2.68. The van der Waals surface area contributed by atoms with Crippen LogP contribution in [0.4, 0.5) is 5.82 Å². The number of aromatic nitrogens is 3. The number of hydrogen-bond donors (Lipinski definition) is 1. The Labute approximate surface area is 110 Å². The van der Waals surface area contributed by atoms with Crippen LogP contribution >= 0.6 is 0 Å². The molecule has 1 amide bonds. The van der Waals surface area contributed by atoms with Crippen molar-refractivity contribution in [3.05, 3.63) is 41.9 Å². The van der Waals surface area contributed by atoms with Gasteiger partial charge in [-0.25, -0.2) is 4.68 Å². The van der Waals surface area contributed by atoms with Gasteiger partial charge in [-0.3, -0.25) is 9.78 Å². The highest BCUT2D eigenvalue weighted by Gasteiger charge is 2.11. The summed E-state index contributed by atoms with van der Waals surface area (Å²) in [4.78, 5) is 15.9. The topological polar surface area (TPSA) is 83.6 Å². The van der Waals surface area contributed by atoms with Crippen molar-refractivity contribution in [2.75, 3.05) is 5.32 Å². The third-order valence-corrected chi connectivity index (χ3v) is 2.48. The monoisotopic (exact) mass is 255 g/mol. The molecule has 0 saturated carbocycles. The minimum absolute atomic E-state index is 0.293. The summed E-state index contributed by atoms with van der Waals surface area (Å²) in [6.07, 6.45) is 1.90. The Morgan fingerprint density at radius 3 is 3.05 bits per heavy atom. The van der Waals surface area contributed by atoms with Crippen LogP contribution in [0.5, 0.6) is 0 Å². The molecule has 96 valence electrons. The standard InChI is InChI=1S/C13H13N5O/c1-10-9-12(18(17-10)8-4-6-14)16-13(19)11-5-2-3-7-15-11/h2-3,5,7,9H,4,8H2,1H3,(H,16,19). The van der Waals surface area contributed by atoms with Crippen molar-refractivity contribution in [1.82, 2.24) is 14.8 Å². The van der Waals surface area contributed by atoms with E-state index in [1.54, 1.807) is 35.1 Å². The fourth-order valence-corrected chi connectivity index (χ4v) is 1.65. The van der Waals surface area contributed by atoms with E-state index in [9.17, 15) is 4.79 Å². The van der Waals surface area contributed by atoms with E-state index >= 15 is 0 Å². The molecule has 2 heterocycles. The summed E-state index contributed by atoms with van der Waals surface area (Å²) >= 11 is 0. The quantitative estimate of drug-likeness (QED) is 0.902. The zero-order valence-corrected chi connectivity index (χ0v) is 10.5. The number of aryl methyl sites for hydroxylation is 2.